The number of carboxylic acids is 1. The fraction of sp³-hybridized carbons (Fsp3) is 0.565. The molecule has 2 bridgehead atoms. The molecule has 0 spiro atoms. The monoisotopic (exact) mass is 385 g/mol. The Morgan fingerprint density at radius 3 is 2.57 bits per heavy atom. The number of hydrogen-bond donors (Lipinski definition) is 2. The molecule has 28 heavy (non-hydrogen) atoms. The molecule has 1 saturated heterocycles. The molecule has 1 aromatic rings. The molecule has 0 saturated carbocycles. The Hall–Kier alpha value is -2.14. The highest BCUT2D eigenvalue weighted by Crippen LogP contribution is 2.45. The molecule has 0 aromatic heterocycles. The molecule has 1 amide bonds. The number of piperidine rings is 1. The van der Waals surface area contributed by atoms with Gasteiger partial charge in [-0.05, 0) is 66.5 Å². The number of carboxylic acid groups (broad SMARTS) is 1. The maximum absolute atomic E-state index is 12.4. The van der Waals surface area contributed by atoms with Crippen LogP contribution >= 0.6 is 0 Å². The maximum Gasteiger partial charge on any atom is 0.303 e. The summed E-state index contributed by atoms with van der Waals surface area (Å²) in [7, 11) is 0. The summed E-state index contributed by atoms with van der Waals surface area (Å²) < 4.78 is 0. The minimum Gasteiger partial charge on any atom is -0.481 e. The van der Waals surface area contributed by atoms with Gasteiger partial charge in [-0.2, -0.15) is 0 Å². The van der Waals surface area contributed by atoms with Crippen LogP contribution in [0.1, 0.15) is 67.2 Å². The molecular weight excluding hydrogens is 354 g/mol. The predicted octanol–water partition coefficient (Wildman–Crippen LogP) is 3.79. The van der Waals surface area contributed by atoms with Gasteiger partial charge in [0.25, 0.3) is 0 Å². The number of fused-ring (bicyclic) bond motifs is 2. The van der Waals surface area contributed by atoms with Crippen molar-refractivity contribution in [3.05, 3.63) is 34.4 Å². The molecule has 1 aromatic carbocycles. The summed E-state index contributed by atoms with van der Waals surface area (Å²) in [6.07, 6.45) is 5.07. The normalized spacial score (nSPS) is 18.9. The van der Waals surface area contributed by atoms with E-state index in [0.717, 1.165) is 43.4 Å². The number of hydrogen-bond acceptors (Lipinski definition) is 3. The number of unbranched alkanes of at least 4 members (excludes halogenated alkanes) is 3. The molecule has 2 N–H and O–H groups in total. The molecule has 3 rings (SSSR count). The van der Waals surface area contributed by atoms with Gasteiger partial charge < -0.3 is 15.1 Å². The molecule has 1 atom stereocenters. The molecule has 1 aliphatic carbocycles. The van der Waals surface area contributed by atoms with Crippen molar-refractivity contribution in [3.63, 3.8) is 0 Å². The molecule has 5 nitrogen and oxygen atoms in total. The highest BCUT2D eigenvalue weighted by atomic mass is 16.4. The molecule has 1 unspecified atom stereocenters. The standard InChI is InChI=1S/C23H31NO4/c1-15-11-18-16(2)19(12-15)23(20(18)14-25)17-8-9-21(26)24(13-17)10-6-4-3-5-7-22(27)28/h11-12,17,25H,3-10,13-14H2,1-2H3,(H,27,28). The van der Waals surface area contributed by atoms with E-state index in [1.165, 1.54) is 22.3 Å². The first-order chi connectivity index (χ1) is 13.4. The van der Waals surface area contributed by atoms with Crippen LogP contribution in [-0.4, -0.2) is 46.7 Å². The maximum atomic E-state index is 12.4. The molecule has 2 aliphatic rings. The lowest BCUT2D eigenvalue weighted by atomic mass is 9.85. The van der Waals surface area contributed by atoms with Crippen LogP contribution in [-0.2, 0) is 9.59 Å². The molecule has 1 fully saturated rings. The zero-order valence-corrected chi connectivity index (χ0v) is 17.0. The summed E-state index contributed by atoms with van der Waals surface area (Å²) in [5.74, 6) is -0.261. The largest absolute Gasteiger partial charge is 0.481 e. The lowest BCUT2D eigenvalue weighted by Gasteiger charge is -2.34. The fourth-order valence-electron chi connectivity index (χ4n) is 4.70. The second-order valence-corrected chi connectivity index (χ2v) is 8.17. The van der Waals surface area contributed by atoms with Crippen molar-refractivity contribution in [1.82, 2.24) is 4.90 Å². The lowest BCUT2D eigenvalue weighted by Crippen LogP contribution is -2.40. The number of aliphatic hydroxyl groups is 1. The Kier molecular flexibility index (Phi) is 6.55. The quantitative estimate of drug-likeness (QED) is 0.634. The number of likely N-dealkylation sites (tertiary alicyclic amines) is 1. The number of aliphatic hydroxyl groups excluding tert-OH is 1. The fourth-order valence-corrected chi connectivity index (χ4v) is 4.70. The Balaban J connectivity index is 1.64. The minimum atomic E-state index is -0.743. The topological polar surface area (TPSA) is 77.8 Å². The van der Waals surface area contributed by atoms with Crippen molar-refractivity contribution >= 4 is 23.0 Å². The number of nitrogens with zero attached hydrogens (tertiary/aromatic N) is 1. The van der Waals surface area contributed by atoms with Crippen molar-refractivity contribution in [2.75, 3.05) is 19.7 Å². The van der Waals surface area contributed by atoms with Gasteiger partial charge in [0.2, 0.25) is 5.91 Å². The third-order valence-corrected chi connectivity index (χ3v) is 6.13. The molecular formula is C23H31NO4. The number of amides is 1. The van der Waals surface area contributed by atoms with E-state index in [-0.39, 0.29) is 24.9 Å². The van der Waals surface area contributed by atoms with Gasteiger partial charge in [0, 0.05) is 31.8 Å². The summed E-state index contributed by atoms with van der Waals surface area (Å²) >= 11 is 0. The third-order valence-electron chi connectivity index (χ3n) is 6.13. The molecule has 1 aliphatic heterocycles. The number of benzene rings is 1. The van der Waals surface area contributed by atoms with Crippen molar-refractivity contribution in [2.45, 2.75) is 58.8 Å². The molecule has 0 radical (unpaired) electrons. The van der Waals surface area contributed by atoms with Crippen LogP contribution in [0.4, 0.5) is 0 Å². The van der Waals surface area contributed by atoms with Crippen molar-refractivity contribution < 1.29 is 19.8 Å². The third kappa shape index (κ3) is 4.30. The first-order valence-corrected chi connectivity index (χ1v) is 10.4. The summed E-state index contributed by atoms with van der Waals surface area (Å²) in [6.45, 7) is 5.70. The Bertz CT molecular complexity index is 796. The highest BCUT2D eigenvalue weighted by molar-refractivity contribution is 6.00. The van der Waals surface area contributed by atoms with Gasteiger partial charge in [-0.25, -0.2) is 0 Å². The second kappa shape index (κ2) is 8.91. The molecule has 1 heterocycles. The highest BCUT2D eigenvalue weighted by Gasteiger charge is 2.34. The van der Waals surface area contributed by atoms with Gasteiger partial charge in [-0.3, -0.25) is 9.59 Å². The number of rotatable bonds is 9. The number of aliphatic carboxylic acids is 1. The SMILES string of the molecule is Cc1cc2c(C)c(c1)C(C1CCC(=O)N(CCCCCCC(=O)O)C1)=C2CO. The number of carbonyl (C=O) groups excluding carboxylic acids is 1. The van der Waals surface area contributed by atoms with Crippen LogP contribution in [0.2, 0.25) is 0 Å². The van der Waals surface area contributed by atoms with E-state index in [0.29, 0.717) is 19.4 Å². The van der Waals surface area contributed by atoms with Gasteiger partial charge >= 0.3 is 5.97 Å². The zero-order valence-electron chi connectivity index (χ0n) is 17.0. The van der Waals surface area contributed by atoms with Gasteiger partial charge in [0.15, 0.2) is 0 Å². The second-order valence-electron chi connectivity index (χ2n) is 8.17. The summed E-state index contributed by atoms with van der Waals surface area (Å²) in [6, 6.07) is 4.36. The molecule has 5 heteroatoms. The first-order valence-electron chi connectivity index (χ1n) is 10.4. The number of aryl methyl sites for hydroxylation is 1. The van der Waals surface area contributed by atoms with Crippen molar-refractivity contribution in [1.29, 1.82) is 0 Å². The van der Waals surface area contributed by atoms with Crippen LogP contribution in [0.15, 0.2) is 12.1 Å². The Morgan fingerprint density at radius 1 is 1.14 bits per heavy atom. The smallest absolute Gasteiger partial charge is 0.303 e. The van der Waals surface area contributed by atoms with E-state index < -0.39 is 5.97 Å². The van der Waals surface area contributed by atoms with E-state index in [1.807, 2.05) is 4.90 Å². The minimum absolute atomic E-state index is 0.0388. The Labute approximate surface area is 167 Å². The van der Waals surface area contributed by atoms with Gasteiger partial charge in [0.1, 0.15) is 0 Å². The first kappa shape index (κ1) is 20.6. The van der Waals surface area contributed by atoms with Crippen LogP contribution < -0.4 is 0 Å². The van der Waals surface area contributed by atoms with Gasteiger partial charge in [0.05, 0.1) is 6.61 Å². The van der Waals surface area contributed by atoms with Crippen molar-refractivity contribution in [2.24, 2.45) is 5.92 Å². The lowest BCUT2D eigenvalue weighted by molar-refractivity contribution is -0.137. The average molecular weight is 386 g/mol. The zero-order chi connectivity index (χ0) is 20.3. The number of carbonyl (C=O) groups is 2. The van der Waals surface area contributed by atoms with Crippen LogP contribution in [0.5, 0.6) is 0 Å². The van der Waals surface area contributed by atoms with Gasteiger partial charge in [-0.1, -0.05) is 25.0 Å². The van der Waals surface area contributed by atoms with E-state index in [4.69, 9.17) is 5.11 Å². The molecule has 152 valence electrons. The van der Waals surface area contributed by atoms with E-state index in [1.54, 1.807) is 0 Å². The van der Waals surface area contributed by atoms with Crippen LogP contribution in [0.3, 0.4) is 0 Å². The van der Waals surface area contributed by atoms with Crippen molar-refractivity contribution in [3.8, 4) is 0 Å². The summed E-state index contributed by atoms with van der Waals surface area (Å²) in [4.78, 5) is 24.9. The summed E-state index contributed by atoms with van der Waals surface area (Å²) in [5, 5.41) is 18.7. The van der Waals surface area contributed by atoms with E-state index >= 15 is 0 Å². The van der Waals surface area contributed by atoms with Crippen LogP contribution in [0, 0.1) is 19.8 Å². The average Bonchev–Trinajstić information content (AvgIpc) is 2.81. The predicted molar refractivity (Wildman–Crippen MR) is 110 cm³/mol. The van der Waals surface area contributed by atoms with Gasteiger partial charge in [-0.15, -0.1) is 0 Å². The Morgan fingerprint density at radius 2 is 1.86 bits per heavy atom. The van der Waals surface area contributed by atoms with Crippen LogP contribution in [0.25, 0.3) is 11.1 Å². The summed E-state index contributed by atoms with van der Waals surface area (Å²) in [5.41, 5.74) is 7.13. The van der Waals surface area contributed by atoms with E-state index in [9.17, 15) is 14.7 Å². The van der Waals surface area contributed by atoms with E-state index in [2.05, 4.69) is 26.0 Å².